The molecule has 0 radical (unpaired) electrons. The fourth-order valence-corrected chi connectivity index (χ4v) is 1.93. The molecule has 0 heterocycles. The van der Waals surface area contributed by atoms with Crippen LogP contribution in [0, 0.1) is 0 Å². The molecule has 1 aromatic rings. The molecule has 0 unspecified atom stereocenters. The standard InChI is InChI=1S/C12H15N/c13-9-11-7-3-4-8-12(11)10-5-1-2-6-10/h3-5,7-8H,1-2,6,9,13H2. The number of rotatable bonds is 2. The van der Waals surface area contributed by atoms with Crippen molar-refractivity contribution in [2.75, 3.05) is 0 Å². The van der Waals surface area contributed by atoms with Crippen molar-refractivity contribution in [2.45, 2.75) is 25.8 Å². The van der Waals surface area contributed by atoms with Crippen LogP contribution < -0.4 is 5.73 Å². The summed E-state index contributed by atoms with van der Waals surface area (Å²) in [6, 6.07) is 8.45. The highest BCUT2D eigenvalue weighted by Crippen LogP contribution is 2.29. The highest BCUT2D eigenvalue weighted by molar-refractivity contribution is 5.69. The zero-order valence-electron chi connectivity index (χ0n) is 7.79. The van der Waals surface area contributed by atoms with E-state index in [2.05, 4.69) is 30.3 Å². The molecule has 0 fully saturated rings. The number of hydrogen-bond acceptors (Lipinski definition) is 1. The molecule has 68 valence electrons. The van der Waals surface area contributed by atoms with Crippen LogP contribution in [0.3, 0.4) is 0 Å². The van der Waals surface area contributed by atoms with Crippen LogP contribution in [0.25, 0.3) is 5.57 Å². The first kappa shape index (κ1) is 8.52. The summed E-state index contributed by atoms with van der Waals surface area (Å²) in [7, 11) is 0. The van der Waals surface area contributed by atoms with Gasteiger partial charge in [0.15, 0.2) is 0 Å². The van der Waals surface area contributed by atoms with Gasteiger partial charge >= 0.3 is 0 Å². The van der Waals surface area contributed by atoms with Gasteiger partial charge in [0.2, 0.25) is 0 Å². The van der Waals surface area contributed by atoms with Crippen molar-refractivity contribution >= 4 is 5.57 Å². The Kier molecular flexibility index (Phi) is 2.46. The Morgan fingerprint density at radius 3 is 2.77 bits per heavy atom. The third-order valence-corrected chi connectivity index (χ3v) is 2.62. The van der Waals surface area contributed by atoms with E-state index in [0.717, 1.165) is 0 Å². The largest absolute Gasteiger partial charge is 0.326 e. The molecule has 13 heavy (non-hydrogen) atoms. The highest BCUT2D eigenvalue weighted by Gasteiger charge is 2.09. The lowest BCUT2D eigenvalue weighted by molar-refractivity contribution is 0.933. The molecular formula is C12H15N. The molecule has 1 heteroatoms. The average Bonchev–Trinajstić information content (AvgIpc) is 2.70. The van der Waals surface area contributed by atoms with E-state index in [9.17, 15) is 0 Å². The van der Waals surface area contributed by atoms with Gasteiger partial charge in [0.1, 0.15) is 0 Å². The zero-order chi connectivity index (χ0) is 9.10. The third kappa shape index (κ3) is 1.65. The van der Waals surface area contributed by atoms with Crippen LogP contribution in [0.2, 0.25) is 0 Å². The summed E-state index contributed by atoms with van der Waals surface area (Å²) in [5.41, 5.74) is 9.82. The van der Waals surface area contributed by atoms with Crippen molar-refractivity contribution in [1.82, 2.24) is 0 Å². The lowest BCUT2D eigenvalue weighted by atomic mass is 9.99. The van der Waals surface area contributed by atoms with Crippen molar-refractivity contribution in [3.8, 4) is 0 Å². The molecule has 1 aromatic carbocycles. The molecule has 0 spiro atoms. The average molecular weight is 173 g/mol. The molecular weight excluding hydrogens is 158 g/mol. The lowest BCUT2D eigenvalue weighted by Crippen LogP contribution is -2.00. The van der Waals surface area contributed by atoms with E-state index in [1.165, 1.54) is 36.0 Å². The van der Waals surface area contributed by atoms with Gasteiger partial charge in [0, 0.05) is 6.54 Å². The van der Waals surface area contributed by atoms with Crippen molar-refractivity contribution in [1.29, 1.82) is 0 Å². The van der Waals surface area contributed by atoms with Gasteiger partial charge in [-0.2, -0.15) is 0 Å². The Hall–Kier alpha value is -1.08. The summed E-state index contributed by atoms with van der Waals surface area (Å²) in [6.45, 7) is 0.646. The van der Waals surface area contributed by atoms with E-state index < -0.39 is 0 Å². The molecule has 0 bridgehead atoms. The summed E-state index contributed by atoms with van der Waals surface area (Å²) in [5.74, 6) is 0. The third-order valence-electron chi connectivity index (χ3n) is 2.62. The normalized spacial score (nSPS) is 15.9. The van der Waals surface area contributed by atoms with Gasteiger partial charge in [0.05, 0.1) is 0 Å². The highest BCUT2D eigenvalue weighted by atomic mass is 14.5. The predicted octanol–water partition coefficient (Wildman–Crippen LogP) is 2.71. The van der Waals surface area contributed by atoms with Crippen LogP contribution in [0.1, 0.15) is 30.4 Å². The van der Waals surface area contributed by atoms with Crippen LogP contribution in [0.4, 0.5) is 0 Å². The van der Waals surface area contributed by atoms with Crippen LogP contribution >= 0.6 is 0 Å². The lowest BCUT2D eigenvalue weighted by Gasteiger charge is -2.07. The summed E-state index contributed by atoms with van der Waals surface area (Å²) in [6.07, 6.45) is 6.09. The maximum Gasteiger partial charge on any atom is 0.0184 e. The fraction of sp³-hybridized carbons (Fsp3) is 0.333. The van der Waals surface area contributed by atoms with E-state index in [0.29, 0.717) is 6.54 Å². The number of benzene rings is 1. The van der Waals surface area contributed by atoms with E-state index in [-0.39, 0.29) is 0 Å². The first-order valence-electron chi connectivity index (χ1n) is 4.89. The number of allylic oxidation sites excluding steroid dienone is 2. The molecule has 0 saturated heterocycles. The van der Waals surface area contributed by atoms with Crippen molar-refractivity contribution < 1.29 is 0 Å². The maximum absolute atomic E-state index is 5.69. The first-order chi connectivity index (χ1) is 6.42. The molecule has 0 aliphatic heterocycles. The minimum atomic E-state index is 0.646. The SMILES string of the molecule is NCc1ccccc1C1=CCCC1. The molecule has 1 aliphatic carbocycles. The Bertz CT molecular complexity index is 326. The zero-order valence-corrected chi connectivity index (χ0v) is 7.79. The minimum absolute atomic E-state index is 0.646. The summed E-state index contributed by atoms with van der Waals surface area (Å²) in [4.78, 5) is 0. The maximum atomic E-state index is 5.69. The van der Waals surface area contributed by atoms with Crippen LogP contribution in [0.15, 0.2) is 30.3 Å². The molecule has 1 nitrogen and oxygen atoms in total. The predicted molar refractivity (Wildman–Crippen MR) is 56.2 cm³/mol. The number of hydrogen-bond donors (Lipinski definition) is 1. The van der Waals surface area contributed by atoms with Gasteiger partial charge in [-0.1, -0.05) is 30.3 Å². The molecule has 2 N–H and O–H groups in total. The summed E-state index contributed by atoms with van der Waals surface area (Å²) < 4.78 is 0. The van der Waals surface area contributed by atoms with E-state index >= 15 is 0 Å². The Morgan fingerprint density at radius 1 is 1.23 bits per heavy atom. The van der Waals surface area contributed by atoms with Crippen molar-refractivity contribution in [3.63, 3.8) is 0 Å². The van der Waals surface area contributed by atoms with E-state index in [1.807, 2.05) is 0 Å². The number of nitrogens with two attached hydrogens (primary N) is 1. The van der Waals surface area contributed by atoms with Gasteiger partial charge in [-0.05, 0) is 36.0 Å². The second-order valence-electron chi connectivity index (χ2n) is 3.48. The molecule has 0 atom stereocenters. The second-order valence-corrected chi connectivity index (χ2v) is 3.48. The van der Waals surface area contributed by atoms with Crippen molar-refractivity contribution in [2.24, 2.45) is 5.73 Å². The Labute approximate surface area is 79.3 Å². The van der Waals surface area contributed by atoms with Crippen LogP contribution in [-0.2, 0) is 6.54 Å². The van der Waals surface area contributed by atoms with E-state index in [1.54, 1.807) is 0 Å². The van der Waals surface area contributed by atoms with Gasteiger partial charge in [-0.25, -0.2) is 0 Å². The molecule has 0 aromatic heterocycles. The summed E-state index contributed by atoms with van der Waals surface area (Å²) >= 11 is 0. The van der Waals surface area contributed by atoms with Crippen molar-refractivity contribution in [3.05, 3.63) is 41.5 Å². The van der Waals surface area contributed by atoms with Gasteiger partial charge < -0.3 is 5.73 Å². The molecule has 1 aliphatic rings. The Morgan fingerprint density at radius 2 is 2.08 bits per heavy atom. The Balaban J connectivity index is 2.38. The van der Waals surface area contributed by atoms with Crippen LogP contribution in [0.5, 0.6) is 0 Å². The van der Waals surface area contributed by atoms with E-state index in [4.69, 9.17) is 5.73 Å². The smallest absolute Gasteiger partial charge is 0.0184 e. The molecule has 0 amide bonds. The van der Waals surface area contributed by atoms with Gasteiger partial charge in [0.25, 0.3) is 0 Å². The topological polar surface area (TPSA) is 26.0 Å². The van der Waals surface area contributed by atoms with Gasteiger partial charge in [-0.3, -0.25) is 0 Å². The van der Waals surface area contributed by atoms with Gasteiger partial charge in [-0.15, -0.1) is 0 Å². The molecule has 2 rings (SSSR count). The molecule has 0 saturated carbocycles. The van der Waals surface area contributed by atoms with Crippen LogP contribution in [-0.4, -0.2) is 0 Å². The fourth-order valence-electron chi connectivity index (χ4n) is 1.93. The first-order valence-corrected chi connectivity index (χ1v) is 4.89. The quantitative estimate of drug-likeness (QED) is 0.731. The second kappa shape index (κ2) is 3.75. The monoisotopic (exact) mass is 173 g/mol. The minimum Gasteiger partial charge on any atom is -0.326 e. The summed E-state index contributed by atoms with van der Waals surface area (Å²) in [5, 5.41) is 0.